The second-order valence-corrected chi connectivity index (χ2v) is 9.87. The standard InChI is InChI=1S/C22H31O2Si/c1-22(2,3)21(24-25(5)6)16-19(17-12-8-7-9-13-17)18-14-10-11-15-20(18)23-4/h7-15,19,21H,16H2,1-6H3. The summed E-state index contributed by atoms with van der Waals surface area (Å²) in [6.45, 7) is 11.2. The average molecular weight is 356 g/mol. The molecule has 2 unspecified atom stereocenters. The number of ether oxygens (including phenoxy) is 1. The van der Waals surface area contributed by atoms with Crippen molar-refractivity contribution in [3.63, 3.8) is 0 Å². The number of hydrogen-bond donors (Lipinski definition) is 0. The fourth-order valence-corrected chi connectivity index (χ4v) is 4.18. The Balaban J connectivity index is 2.45. The summed E-state index contributed by atoms with van der Waals surface area (Å²) in [6.07, 6.45) is 1.15. The second-order valence-electron chi connectivity index (χ2n) is 7.82. The van der Waals surface area contributed by atoms with Crippen LogP contribution in [0.25, 0.3) is 0 Å². The van der Waals surface area contributed by atoms with E-state index in [-0.39, 0.29) is 17.4 Å². The first-order valence-electron chi connectivity index (χ1n) is 8.97. The van der Waals surface area contributed by atoms with Crippen molar-refractivity contribution in [1.29, 1.82) is 0 Å². The van der Waals surface area contributed by atoms with Gasteiger partial charge in [0.2, 0.25) is 9.04 Å². The number of rotatable bonds is 7. The molecule has 0 fully saturated rings. The molecule has 2 rings (SSSR count). The molecule has 3 heteroatoms. The Hall–Kier alpha value is -1.58. The van der Waals surface area contributed by atoms with Crippen molar-refractivity contribution in [2.45, 2.75) is 52.3 Å². The van der Waals surface area contributed by atoms with Gasteiger partial charge in [-0.25, -0.2) is 0 Å². The van der Waals surface area contributed by atoms with Gasteiger partial charge in [-0.3, -0.25) is 0 Å². The molecule has 0 bridgehead atoms. The van der Waals surface area contributed by atoms with Crippen LogP contribution in [0.2, 0.25) is 13.1 Å². The highest BCUT2D eigenvalue weighted by Crippen LogP contribution is 2.39. The molecule has 0 aromatic heterocycles. The van der Waals surface area contributed by atoms with E-state index in [0.29, 0.717) is 0 Å². The van der Waals surface area contributed by atoms with Crippen LogP contribution in [0.5, 0.6) is 5.75 Å². The van der Waals surface area contributed by atoms with Crippen molar-refractivity contribution in [3.05, 3.63) is 65.7 Å². The Morgan fingerprint density at radius 3 is 2.08 bits per heavy atom. The van der Waals surface area contributed by atoms with E-state index in [4.69, 9.17) is 9.16 Å². The first-order chi connectivity index (χ1) is 11.8. The molecule has 0 N–H and O–H groups in total. The molecule has 2 nitrogen and oxygen atoms in total. The molecule has 2 aromatic carbocycles. The molecule has 0 heterocycles. The van der Waals surface area contributed by atoms with Gasteiger partial charge in [0, 0.05) is 11.5 Å². The minimum Gasteiger partial charge on any atom is -0.496 e. The van der Waals surface area contributed by atoms with Gasteiger partial charge in [0.15, 0.2) is 0 Å². The predicted octanol–water partition coefficient (Wildman–Crippen LogP) is 5.90. The van der Waals surface area contributed by atoms with E-state index in [0.717, 1.165) is 12.2 Å². The van der Waals surface area contributed by atoms with Gasteiger partial charge in [-0.2, -0.15) is 0 Å². The molecular formula is C22H31O2Si. The molecule has 0 aliphatic rings. The van der Waals surface area contributed by atoms with E-state index in [1.165, 1.54) is 11.1 Å². The average Bonchev–Trinajstić information content (AvgIpc) is 2.58. The van der Waals surface area contributed by atoms with Crippen LogP contribution >= 0.6 is 0 Å². The van der Waals surface area contributed by atoms with Crippen molar-refractivity contribution in [1.82, 2.24) is 0 Å². The molecule has 0 spiro atoms. The maximum atomic E-state index is 6.42. The molecule has 25 heavy (non-hydrogen) atoms. The van der Waals surface area contributed by atoms with Crippen LogP contribution in [0.15, 0.2) is 54.6 Å². The molecule has 135 valence electrons. The fraction of sp³-hybridized carbons (Fsp3) is 0.455. The normalized spacial score (nSPS) is 14.4. The number of benzene rings is 2. The molecule has 0 aliphatic heterocycles. The molecule has 0 aliphatic carbocycles. The van der Waals surface area contributed by atoms with E-state index in [9.17, 15) is 0 Å². The SMILES string of the molecule is COc1ccccc1C(CC(O[Si](C)C)C(C)(C)C)c1ccccc1. The van der Waals surface area contributed by atoms with Crippen molar-refractivity contribution in [3.8, 4) is 5.75 Å². The van der Waals surface area contributed by atoms with E-state index in [1.54, 1.807) is 7.11 Å². The zero-order chi connectivity index (χ0) is 18.4. The smallest absolute Gasteiger partial charge is 0.205 e. The Labute approximate surface area is 154 Å². The van der Waals surface area contributed by atoms with E-state index in [2.05, 4.69) is 76.3 Å². The van der Waals surface area contributed by atoms with Gasteiger partial charge in [-0.15, -0.1) is 0 Å². The molecular weight excluding hydrogens is 324 g/mol. The van der Waals surface area contributed by atoms with Gasteiger partial charge in [0.05, 0.1) is 13.2 Å². The zero-order valence-corrected chi connectivity index (χ0v) is 17.4. The highest BCUT2D eigenvalue weighted by atomic mass is 28.3. The molecule has 2 aromatic rings. The Morgan fingerprint density at radius 1 is 0.920 bits per heavy atom. The third kappa shape index (κ3) is 5.45. The van der Waals surface area contributed by atoms with Gasteiger partial charge < -0.3 is 9.16 Å². The highest BCUT2D eigenvalue weighted by Gasteiger charge is 2.31. The highest BCUT2D eigenvalue weighted by molar-refractivity contribution is 6.48. The minimum absolute atomic E-state index is 0.0942. The van der Waals surface area contributed by atoms with E-state index < -0.39 is 9.04 Å². The number of hydrogen-bond acceptors (Lipinski definition) is 2. The second kappa shape index (κ2) is 8.68. The van der Waals surface area contributed by atoms with Gasteiger partial charge >= 0.3 is 0 Å². The van der Waals surface area contributed by atoms with Gasteiger partial charge in [0.25, 0.3) is 0 Å². The lowest BCUT2D eigenvalue weighted by molar-refractivity contribution is 0.0745. The summed E-state index contributed by atoms with van der Waals surface area (Å²) in [5, 5.41) is 0. The Kier molecular flexibility index (Phi) is 6.85. The molecule has 0 saturated carbocycles. The summed E-state index contributed by atoms with van der Waals surface area (Å²) in [4.78, 5) is 0. The first-order valence-corrected chi connectivity index (χ1v) is 11.4. The predicted molar refractivity (Wildman–Crippen MR) is 108 cm³/mol. The lowest BCUT2D eigenvalue weighted by atomic mass is 9.79. The lowest BCUT2D eigenvalue weighted by Crippen LogP contribution is -2.34. The number of methoxy groups -OCH3 is 1. The quantitative estimate of drug-likeness (QED) is 0.576. The maximum absolute atomic E-state index is 6.42. The lowest BCUT2D eigenvalue weighted by Gasteiger charge is -2.35. The van der Waals surface area contributed by atoms with Crippen LogP contribution < -0.4 is 4.74 Å². The van der Waals surface area contributed by atoms with E-state index >= 15 is 0 Å². The van der Waals surface area contributed by atoms with Crippen LogP contribution in [0.4, 0.5) is 0 Å². The molecule has 2 atom stereocenters. The first kappa shape index (κ1) is 19.7. The van der Waals surface area contributed by atoms with E-state index in [1.807, 2.05) is 12.1 Å². The fourth-order valence-electron chi connectivity index (χ4n) is 3.16. The van der Waals surface area contributed by atoms with Crippen molar-refractivity contribution < 1.29 is 9.16 Å². The van der Waals surface area contributed by atoms with Crippen LogP contribution in [0, 0.1) is 5.41 Å². The largest absolute Gasteiger partial charge is 0.496 e. The molecule has 0 amide bonds. The van der Waals surface area contributed by atoms with Crippen LogP contribution in [0.3, 0.4) is 0 Å². The summed E-state index contributed by atoms with van der Waals surface area (Å²) in [5.74, 6) is 1.20. The van der Waals surface area contributed by atoms with Crippen molar-refractivity contribution in [2.24, 2.45) is 5.41 Å². The summed E-state index contributed by atoms with van der Waals surface area (Å²) < 4.78 is 12.1. The summed E-state index contributed by atoms with van der Waals surface area (Å²) in [7, 11) is 0.977. The molecule has 1 radical (unpaired) electrons. The van der Waals surface area contributed by atoms with Gasteiger partial charge in [-0.05, 0) is 36.6 Å². The van der Waals surface area contributed by atoms with Crippen LogP contribution in [-0.4, -0.2) is 22.3 Å². The van der Waals surface area contributed by atoms with Crippen molar-refractivity contribution >= 4 is 9.04 Å². The van der Waals surface area contributed by atoms with Gasteiger partial charge in [-0.1, -0.05) is 69.3 Å². The Morgan fingerprint density at radius 2 is 1.52 bits per heavy atom. The maximum Gasteiger partial charge on any atom is 0.205 e. The summed E-state index contributed by atoms with van der Waals surface area (Å²) >= 11 is 0. The van der Waals surface area contributed by atoms with Crippen molar-refractivity contribution in [2.75, 3.05) is 7.11 Å². The zero-order valence-electron chi connectivity index (χ0n) is 16.4. The third-order valence-corrected chi connectivity index (χ3v) is 5.27. The molecule has 0 saturated heterocycles. The topological polar surface area (TPSA) is 18.5 Å². The summed E-state index contributed by atoms with van der Waals surface area (Å²) in [5.41, 5.74) is 2.64. The third-order valence-electron chi connectivity index (χ3n) is 4.51. The Bertz CT molecular complexity index is 647. The minimum atomic E-state index is -0.770. The van der Waals surface area contributed by atoms with Crippen LogP contribution in [0.1, 0.15) is 44.2 Å². The number of para-hydroxylation sites is 1. The summed E-state index contributed by atoms with van der Waals surface area (Å²) in [6, 6.07) is 19.1. The monoisotopic (exact) mass is 355 g/mol. The van der Waals surface area contributed by atoms with Gasteiger partial charge in [0.1, 0.15) is 5.75 Å². The van der Waals surface area contributed by atoms with Crippen LogP contribution in [-0.2, 0) is 4.43 Å².